The highest BCUT2D eigenvalue weighted by Crippen LogP contribution is 2.20. The second-order valence-corrected chi connectivity index (χ2v) is 5.50. The summed E-state index contributed by atoms with van der Waals surface area (Å²) in [6, 6.07) is 5.09. The first-order chi connectivity index (χ1) is 8.90. The molecular weight excluding hydrogens is 312 g/mol. The third kappa shape index (κ3) is 3.08. The molecule has 0 saturated carbocycles. The molecule has 2 N–H and O–H groups in total. The maximum Gasteiger partial charge on any atom is 0.268 e. The molecule has 0 aliphatic heterocycles. The predicted molar refractivity (Wildman–Crippen MR) is 73.7 cm³/mol. The SMILES string of the molecule is Cn1cc(Br)cc1C(=O)NC[C@@](C)(O)c1ccco1. The van der Waals surface area contributed by atoms with Gasteiger partial charge in [-0.2, -0.15) is 0 Å². The van der Waals surface area contributed by atoms with Crippen molar-refractivity contribution in [1.29, 1.82) is 0 Å². The molecule has 0 bridgehead atoms. The van der Waals surface area contributed by atoms with Gasteiger partial charge in [-0.3, -0.25) is 4.79 Å². The van der Waals surface area contributed by atoms with Crippen molar-refractivity contribution in [3.63, 3.8) is 0 Å². The van der Waals surface area contributed by atoms with Crippen LogP contribution in [0.25, 0.3) is 0 Å². The molecule has 2 heterocycles. The molecule has 0 fully saturated rings. The van der Waals surface area contributed by atoms with Gasteiger partial charge in [0.15, 0.2) is 0 Å². The average Bonchev–Trinajstić information content (AvgIpc) is 2.96. The summed E-state index contributed by atoms with van der Waals surface area (Å²) in [6.07, 6.45) is 3.28. The van der Waals surface area contributed by atoms with Crippen LogP contribution in [-0.4, -0.2) is 22.1 Å². The van der Waals surface area contributed by atoms with Gasteiger partial charge in [0.05, 0.1) is 12.8 Å². The molecule has 19 heavy (non-hydrogen) atoms. The largest absolute Gasteiger partial charge is 0.466 e. The van der Waals surface area contributed by atoms with Gasteiger partial charge < -0.3 is 19.4 Å². The van der Waals surface area contributed by atoms with E-state index in [9.17, 15) is 9.90 Å². The number of nitrogens with one attached hydrogen (secondary N) is 1. The molecule has 0 aliphatic carbocycles. The van der Waals surface area contributed by atoms with Crippen molar-refractivity contribution < 1.29 is 14.3 Å². The minimum Gasteiger partial charge on any atom is -0.466 e. The summed E-state index contributed by atoms with van der Waals surface area (Å²) in [5.41, 5.74) is -0.719. The first-order valence-corrected chi connectivity index (χ1v) is 6.56. The fourth-order valence-corrected chi connectivity index (χ4v) is 2.29. The summed E-state index contributed by atoms with van der Waals surface area (Å²) in [4.78, 5) is 12.0. The Bertz CT molecular complexity index is 573. The van der Waals surface area contributed by atoms with E-state index in [4.69, 9.17) is 4.42 Å². The van der Waals surface area contributed by atoms with Crippen LogP contribution in [0.15, 0.2) is 39.5 Å². The topological polar surface area (TPSA) is 67.4 Å². The molecule has 0 aromatic carbocycles. The van der Waals surface area contributed by atoms with Crippen molar-refractivity contribution in [3.8, 4) is 0 Å². The molecular formula is C13H15BrN2O3. The number of carbonyl (C=O) groups is 1. The number of furan rings is 1. The van der Waals surface area contributed by atoms with Gasteiger partial charge in [0.25, 0.3) is 5.91 Å². The van der Waals surface area contributed by atoms with Gasteiger partial charge in [0.1, 0.15) is 17.1 Å². The van der Waals surface area contributed by atoms with E-state index in [1.807, 2.05) is 0 Å². The Kier molecular flexibility index (Phi) is 3.82. The van der Waals surface area contributed by atoms with Crippen LogP contribution in [0.2, 0.25) is 0 Å². The predicted octanol–water partition coefficient (Wildman–Crippen LogP) is 2.02. The van der Waals surface area contributed by atoms with Crippen LogP contribution in [0, 0.1) is 0 Å². The molecule has 102 valence electrons. The van der Waals surface area contributed by atoms with Crippen LogP contribution in [0.4, 0.5) is 0 Å². The molecule has 0 aliphatic rings. The Morgan fingerprint density at radius 1 is 1.63 bits per heavy atom. The molecule has 0 spiro atoms. The smallest absolute Gasteiger partial charge is 0.268 e. The molecule has 1 atom stereocenters. The lowest BCUT2D eigenvalue weighted by Crippen LogP contribution is -2.38. The minimum atomic E-state index is -1.23. The van der Waals surface area contributed by atoms with Gasteiger partial charge in [-0.15, -0.1) is 0 Å². The summed E-state index contributed by atoms with van der Waals surface area (Å²) in [5, 5.41) is 12.9. The van der Waals surface area contributed by atoms with Gasteiger partial charge >= 0.3 is 0 Å². The highest BCUT2D eigenvalue weighted by molar-refractivity contribution is 9.10. The summed E-state index contributed by atoms with van der Waals surface area (Å²) < 4.78 is 7.69. The Labute approximate surface area is 119 Å². The van der Waals surface area contributed by atoms with Gasteiger partial charge in [0.2, 0.25) is 0 Å². The number of hydrogen-bond donors (Lipinski definition) is 2. The van der Waals surface area contributed by atoms with Crippen LogP contribution in [-0.2, 0) is 12.6 Å². The van der Waals surface area contributed by atoms with E-state index in [-0.39, 0.29) is 12.5 Å². The molecule has 5 nitrogen and oxygen atoms in total. The van der Waals surface area contributed by atoms with Crippen molar-refractivity contribution in [2.45, 2.75) is 12.5 Å². The van der Waals surface area contributed by atoms with Crippen LogP contribution >= 0.6 is 15.9 Å². The van der Waals surface area contributed by atoms with Gasteiger partial charge in [-0.1, -0.05) is 0 Å². The third-order valence-corrected chi connectivity index (χ3v) is 3.28. The molecule has 0 unspecified atom stereocenters. The average molecular weight is 327 g/mol. The summed E-state index contributed by atoms with van der Waals surface area (Å²) >= 11 is 3.31. The summed E-state index contributed by atoms with van der Waals surface area (Å²) in [5.74, 6) is 0.167. The molecule has 2 aromatic rings. The third-order valence-electron chi connectivity index (χ3n) is 2.85. The monoisotopic (exact) mass is 326 g/mol. The quantitative estimate of drug-likeness (QED) is 0.903. The van der Waals surface area contributed by atoms with Crippen LogP contribution in [0.3, 0.4) is 0 Å². The van der Waals surface area contributed by atoms with E-state index in [0.29, 0.717) is 11.5 Å². The van der Waals surface area contributed by atoms with E-state index in [2.05, 4.69) is 21.2 Å². The summed E-state index contributed by atoms with van der Waals surface area (Å²) in [6.45, 7) is 1.66. The Balaban J connectivity index is 2.03. The normalized spacial score (nSPS) is 14.1. The van der Waals surface area contributed by atoms with Crippen molar-refractivity contribution >= 4 is 21.8 Å². The van der Waals surface area contributed by atoms with Gasteiger partial charge in [0, 0.05) is 17.7 Å². The highest BCUT2D eigenvalue weighted by Gasteiger charge is 2.27. The van der Waals surface area contributed by atoms with Gasteiger partial charge in [-0.05, 0) is 41.1 Å². The van der Waals surface area contributed by atoms with E-state index < -0.39 is 5.60 Å². The molecule has 2 aromatic heterocycles. The number of aryl methyl sites for hydroxylation is 1. The second-order valence-electron chi connectivity index (χ2n) is 4.59. The Hall–Kier alpha value is -1.53. The van der Waals surface area contributed by atoms with Crippen molar-refractivity contribution in [2.24, 2.45) is 7.05 Å². The lowest BCUT2D eigenvalue weighted by molar-refractivity contribution is 0.0329. The molecule has 0 radical (unpaired) electrons. The first-order valence-electron chi connectivity index (χ1n) is 5.76. The number of aliphatic hydroxyl groups is 1. The number of halogens is 1. The second kappa shape index (κ2) is 5.22. The maximum atomic E-state index is 12.0. The maximum absolute atomic E-state index is 12.0. The number of carbonyl (C=O) groups excluding carboxylic acids is 1. The lowest BCUT2D eigenvalue weighted by Gasteiger charge is -2.21. The van der Waals surface area contributed by atoms with Crippen molar-refractivity contribution in [2.75, 3.05) is 6.54 Å². The number of amides is 1. The molecule has 2 rings (SSSR count). The highest BCUT2D eigenvalue weighted by atomic mass is 79.9. The molecule has 6 heteroatoms. The van der Waals surface area contributed by atoms with Crippen LogP contribution < -0.4 is 5.32 Å². The zero-order chi connectivity index (χ0) is 14.0. The van der Waals surface area contributed by atoms with Gasteiger partial charge in [-0.25, -0.2) is 0 Å². The molecule has 0 saturated heterocycles. The number of nitrogens with zero attached hydrogens (tertiary/aromatic N) is 1. The van der Waals surface area contributed by atoms with E-state index in [1.54, 1.807) is 42.9 Å². The number of rotatable bonds is 4. The molecule has 1 amide bonds. The van der Waals surface area contributed by atoms with Crippen LogP contribution in [0.1, 0.15) is 23.2 Å². The van der Waals surface area contributed by atoms with Crippen LogP contribution in [0.5, 0.6) is 0 Å². The van der Waals surface area contributed by atoms with E-state index in [1.165, 1.54) is 6.26 Å². The zero-order valence-electron chi connectivity index (χ0n) is 10.7. The van der Waals surface area contributed by atoms with E-state index in [0.717, 1.165) is 4.47 Å². The van der Waals surface area contributed by atoms with Crippen molar-refractivity contribution in [1.82, 2.24) is 9.88 Å². The lowest BCUT2D eigenvalue weighted by atomic mass is 10.0. The van der Waals surface area contributed by atoms with E-state index >= 15 is 0 Å². The first kappa shape index (κ1) is 13.9. The number of aromatic nitrogens is 1. The Morgan fingerprint density at radius 3 is 2.89 bits per heavy atom. The fraction of sp³-hybridized carbons (Fsp3) is 0.308. The zero-order valence-corrected chi connectivity index (χ0v) is 12.3. The van der Waals surface area contributed by atoms with Crippen molar-refractivity contribution in [3.05, 3.63) is 46.6 Å². The summed E-state index contributed by atoms with van der Waals surface area (Å²) in [7, 11) is 1.78. The Morgan fingerprint density at radius 2 is 2.37 bits per heavy atom. The fourth-order valence-electron chi connectivity index (χ4n) is 1.77. The number of hydrogen-bond acceptors (Lipinski definition) is 3. The standard InChI is InChI=1S/C13H15BrN2O3/c1-13(18,11-4-3-5-19-11)8-15-12(17)10-6-9(14)7-16(10)2/h3-7,18H,8H2,1-2H3,(H,15,17)/t13-/m1/s1. The minimum absolute atomic E-state index is 0.0716.